The second kappa shape index (κ2) is 10.8. The molecule has 0 aromatic heterocycles. The molecule has 0 spiro atoms. The van der Waals surface area contributed by atoms with Gasteiger partial charge in [0.15, 0.2) is 0 Å². The number of aliphatic hydroxyl groups is 1. The molecule has 0 aliphatic rings. The van der Waals surface area contributed by atoms with E-state index in [4.69, 9.17) is 0 Å². The van der Waals surface area contributed by atoms with Crippen molar-refractivity contribution < 1.29 is 9.90 Å². The first-order chi connectivity index (χ1) is 10.5. The fraction of sp³-hybridized carbons (Fsp3) is 0.588. The van der Waals surface area contributed by atoms with E-state index in [1.54, 1.807) is 0 Å². The van der Waals surface area contributed by atoms with Crippen molar-refractivity contribution in [2.75, 3.05) is 26.2 Å². The zero-order valence-electron chi connectivity index (χ0n) is 13.7. The highest BCUT2D eigenvalue weighted by molar-refractivity contribution is 6.57. The molecule has 1 aromatic carbocycles. The van der Waals surface area contributed by atoms with Crippen molar-refractivity contribution in [1.29, 1.82) is 0 Å². The maximum atomic E-state index is 10.7. The van der Waals surface area contributed by atoms with Crippen LogP contribution in [0.15, 0.2) is 24.3 Å². The Kier molecular flexibility index (Phi) is 9.42. The van der Waals surface area contributed by atoms with Crippen LogP contribution in [-0.4, -0.2) is 63.3 Å². The number of hydrogen-bond acceptors (Lipinski definition) is 3. The minimum absolute atomic E-state index is 0.124. The summed E-state index contributed by atoms with van der Waals surface area (Å²) in [5.74, 6) is 0. The number of nitrogens with one attached hydrogen (secondary N) is 1. The van der Waals surface area contributed by atoms with Crippen molar-refractivity contribution in [2.24, 2.45) is 0 Å². The summed E-state index contributed by atoms with van der Waals surface area (Å²) in [7, 11) is 0. The van der Waals surface area contributed by atoms with Gasteiger partial charge in [-0.3, -0.25) is 0 Å². The summed E-state index contributed by atoms with van der Waals surface area (Å²) in [5, 5.41) is 12.6. The number of likely N-dealkylation sites (N-methyl/N-ethyl adjacent to an activating group) is 1. The number of aliphatic hydroxyl groups excluding tert-OH is 1. The fourth-order valence-corrected chi connectivity index (χ4v) is 2.58. The Bertz CT molecular complexity index is 454. The monoisotopic (exact) mass is 318 g/mol. The molecule has 1 aromatic rings. The summed E-state index contributed by atoms with van der Waals surface area (Å²) in [6.07, 6.45) is 2.04. The number of rotatable bonds is 10. The molecule has 0 aliphatic heterocycles. The predicted molar refractivity (Wildman–Crippen MR) is 91.4 cm³/mol. The molecule has 0 aliphatic carbocycles. The maximum Gasteiger partial charge on any atom is 0.281 e. The molecule has 4 nitrogen and oxygen atoms in total. The number of benzene rings is 1. The molecule has 5 heteroatoms. The molecule has 0 fully saturated rings. The zero-order chi connectivity index (χ0) is 16.4. The lowest BCUT2D eigenvalue weighted by Crippen LogP contribution is -2.31. The highest BCUT2D eigenvalue weighted by atomic mass is 27.0. The molecule has 120 valence electrons. The molecule has 2 radical (unpaired) electrons. The van der Waals surface area contributed by atoms with Crippen LogP contribution < -0.4 is 5.32 Å². The number of nitrogens with zero attached hydrogens (tertiary/aromatic N) is 1. The molecular weight excluding hydrogens is 291 g/mol. The topological polar surface area (TPSA) is 52.6 Å². The van der Waals surface area contributed by atoms with Crippen LogP contribution in [-0.2, 0) is 6.42 Å². The molecule has 0 bridgehead atoms. The molecule has 1 rings (SSSR count). The number of amides is 1. The van der Waals surface area contributed by atoms with Gasteiger partial charge in [-0.05, 0) is 43.9 Å². The van der Waals surface area contributed by atoms with Crippen LogP contribution in [0.5, 0.6) is 0 Å². The summed E-state index contributed by atoms with van der Waals surface area (Å²) in [4.78, 5) is 13.1. The average Bonchev–Trinajstić information content (AvgIpc) is 2.48. The summed E-state index contributed by atoms with van der Waals surface area (Å²) in [6, 6.07) is 8.49. The highest BCUT2D eigenvalue weighted by Gasteiger charge is 2.09. The van der Waals surface area contributed by atoms with Crippen molar-refractivity contribution in [3.8, 4) is 0 Å². The van der Waals surface area contributed by atoms with E-state index in [0.29, 0.717) is 13.0 Å². The van der Waals surface area contributed by atoms with Gasteiger partial charge in [0, 0.05) is 19.6 Å². The Morgan fingerprint density at radius 2 is 2.05 bits per heavy atom. The second-order valence-corrected chi connectivity index (χ2v) is 6.16. The van der Waals surface area contributed by atoms with E-state index in [1.807, 2.05) is 0 Å². The third kappa shape index (κ3) is 7.96. The zero-order valence-corrected chi connectivity index (χ0v) is 14.9. The van der Waals surface area contributed by atoms with Crippen LogP contribution in [0.25, 0.3) is 0 Å². The molecule has 1 atom stereocenters. The number of hydrogen-bond donors (Lipinski definition) is 2. The van der Waals surface area contributed by atoms with Gasteiger partial charge in [-0.1, -0.05) is 31.2 Å². The average molecular weight is 318 g/mol. The standard InChI is InChI=1S/C17H27N2O2.Al/c1-3-19(13-10-17(21)8-11-18-14-20)12-9-16-7-5-4-6-15(16)2;/h4-7,17,21H,3,8-13H2,1-2H3,(H,18,20);. The van der Waals surface area contributed by atoms with E-state index >= 15 is 0 Å². The molecule has 0 saturated carbocycles. The van der Waals surface area contributed by atoms with Crippen LogP contribution in [0.2, 0.25) is 0 Å². The van der Waals surface area contributed by atoms with E-state index in [0.717, 1.165) is 32.5 Å². The highest BCUT2D eigenvalue weighted by Crippen LogP contribution is 2.09. The van der Waals surface area contributed by atoms with Crippen LogP contribution in [0.1, 0.15) is 30.9 Å². The third-order valence-corrected chi connectivity index (χ3v) is 4.17. The molecule has 0 saturated heterocycles. The third-order valence-electron chi connectivity index (χ3n) is 3.96. The number of carbonyl (C=O) groups excluding carboxylic acids is 1. The lowest BCUT2D eigenvalue weighted by Gasteiger charge is -2.22. The first-order valence-electron chi connectivity index (χ1n) is 8.01. The fourth-order valence-electron chi connectivity index (χ4n) is 2.44. The Morgan fingerprint density at radius 3 is 2.68 bits per heavy atom. The van der Waals surface area contributed by atoms with E-state index in [9.17, 15) is 9.90 Å². The quantitative estimate of drug-likeness (QED) is 0.648. The van der Waals surface area contributed by atoms with Crippen LogP contribution in [0, 0.1) is 6.92 Å². The Labute approximate surface area is 142 Å². The van der Waals surface area contributed by atoms with Gasteiger partial charge in [0.1, 0.15) is 0 Å². The van der Waals surface area contributed by atoms with Crippen LogP contribution in [0.3, 0.4) is 0 Å². The van der Waals surface area contributed by atoms with Gasteiger partial charge in [0.25, 0.3) is 16.3 Å². The van der Waals surface area contributed by atoms with E-state index in [2.05, 4.69) is 64.6 Å². The molecular formula is C17H27AlN2O2. The summed E-state index contributed by atoms with van der Waals surface area (Å²) in [5.41, 5.74) is 2.73. The first-order valence-corrected chi connectivity index (χ1v) is 8.59. The van der Waals surface area contributed by atoms with Crippen molar-refractivity contribution in [3.05, 3.63) is 35.4 Å². The van der Waals surface area contributed by atoms with E-state index in [1.165, 1.54) is 11.1 Å². The summed E-state index contributed by atoms with van der Waals surface area (Å²) < 4.78 is -0.124. The normalized spacial score (nSPS) is 12.4. The molecule has 1 unspecified atom stereocenters. The Morgan fingerprint density at radius 1 is 1.32 bits per heavy atom. The Balaban J connectivity index is 2.27. The molecule has 2 N–H and O–H groups in total. The van der Waals surface area contributed by atoms with E-state index < -0.39 is 0 Å². The van der Waals surface area contributed by atoms with Gasteiger partial charge in [-0.15, -0.1) is 0 Å². The largest absolute Gasteiger partial charge is 0.393 e. The van der Waals surface area contributed by atoms with Gasteiger partial charge >= 0.3 is 0 Å². The first kappa shape index (κ1) is 19.2. The number of aryl methyl sites for hydroxylation is 1. The van der Waals surface area contributed by atoms with Gasteiger partial charge < -0.3 is 20.1 Å². The number of carbonyl (C=O) groups is 1. The maximum absolute atomic E-state index is 10.7. The minimum atomic E-state index is -0.357. The van der Waals surface area contributed by atoms with Gasteiger partial charge in [0.2, 0.25) is 0 Å². The molecule has 0 heterocycles. The smallest absolute Gasteiger partial charge is 0.281 e. The van der Waals surface area contributed by atoms with E-state index in [-0.39, 0.29) is 10.9 Å². The summed E-state index contributed by atoms with van der Waals surface area (Å²) >= 11 is 2.08. The minimum Gasteiger partial charge on any atom is -0.393 e. The summed E-state index contributed by atoms with van der Waals surface area (Å²) in [6.45, 7) is 7.71. The van der Waals surface area contributed by atoms with Crippen molar-refractivity contribution in [3.63, 3.8) is 0 Å². The van der Waals surface area contributed by atoms with Gasteiger partial charge in [-0.25, -0.2) is 0 Å². The van der Waals surface area contributed by atoms with Gasteiger partial charge in [-0.2, -0.15) is 0 Å². The lowest BCUT2D eigenvalue weighted by atomic mass is 10.1. The Hall–Kier alpha value is -0.858. The lowest BCUT2D eigenvalue weighted by molar-refractivity contribution is 0.134. The predicted octanol–water partition coefficient (Wildman–Crippen LogP) is 1.88. The van der Waals surface area contributed by atoms with Crippen molar-refractivity contribution in [1.82, 2.24) is 10.2 Å². The molecule has 1 amide bonds. The van der Waals surface area contributed by atoms with Crippen molar-refractivity contribution in [2.45, 2.75) is 39.2 Å². The molecule has 22 heavy (non-hydrogen) atoms. The van der Waals surface area contributed by atoms with Gasteiger partial charge in [0.05, 0.1) is 10.9 Å². The van der Waals surface area contributed by atoms with Crippen molar-refractivity contribution >= 4 is 21.1 Å². The SMILES string of the molecule is CCN(CCc1ccccc1C)CCC(O)CCN[C](=O)[Al]. The second-order valence-electron chi connectivity index (χ2n) is 5.63. The van der Waals surface area contributed by atoms with Crippen LogP contribution >= 0.6 is 0 Å². The van der Waals surface area contributed by atoms with Crippen LogP contribution in [0.4, 0.5) is 4.79 Å².